The zero-order chi connectivity index (χ0) is 12.4. The van der Waals surface area contributed by atoms with E-state index in [4.69, 9.17) is 5.11 Å². The van der Waals surface area contributed by atoms with Gasteiger partial charge in [0.25, 0.3) is 0 Å². The molecule has 0 bridgehead atoms. The summed E-state index contributed by atoms with van der Waals surface area (Å²) in [4.78, 5) is 11.0. The lowest BCUT2D eigenvalue weighted by Gasteiger charge is -2.24. The van der Waals surface area contributed by atoms with Crippen LogP contribution >= 0.6 is 0 Å². The van der Waals surface area contributed by atoms with Crippen LogP contribution in [-0.2, 0) is 4.79 Å². The van der Waals surface area contributed by atoms with E-state index in [2.05, 4.69) is 37.3 Å². The van der Waals surface area contributed by atoms with Crippen LogP contribution in [0.2, 0.25) is 0 Å². The van der Waals surface area contributed by atoms with Crippen LogP contribution in [0.3, 0.4) is 0 Å². The van der Waals surface area contributed by atoms with E-state index < -0.39 is 5.97 Å². The van der Waals surface area contributed by atoms with Gasteiger partial charge in [-0.05, 0) is 36.8 Å². The summed E-state index contributed by atoms with van der Waals surface area (Å²) in [5.41, 5.74) is 3.77. The summed E-state index contributed by atoms with van der Waals surface area (Å²) in [6, 6.07) is 8.40. The summed E-state index contributed by atoms with van der Waals surface area (Å²) in [5, 5.41) is 9.08. The first kappa shape index (κ1) is 11.9. The van der Waals surface area contributed by atoms with Crippen LogP contribution in [0.25, 0.3) is 5.57 Å². The third-order valence-electron chi connectivity index (χ3n) is 3.53. The van der Waals surface area contributed by atoms with Crippen molar-refractivity contribution in [3.63, 3.8) is 0 Å². The summed E-state index contributed by atoms with van der Waals surface area (Å²) in [7, 11) is 0. The smallest absolute Gasteiger partial charge is 0.307 e. The number of benzene rings is 1. The van der Waals surface area contributed by atoms with Gasteiger partial charge in [-0.3, -0.25) is 4.79 Å². The van der Waals surface area contributed by atoms with E-state index in [0.717, 1.165) is 12.8 Å². The molecule has 1 N–H and O–H groups in total. The van der Waals surface area contributed by atoms with Crippen LogP contribution < -0.4 is 0 Å². The van der Waals surface area contributed by atoms with Crippen LogP contribution in [-0.4, -0.2) is 11.1 Å². The maximum Gasteiger partial charge on any atom is 0.307 e. The standard InChI is InChI=1S/C15H18O2/c1-10-4-3-5-12(8-10)13-6-7-14(15(16)17)11(2)9-13/h3-5,8-9,11,14H,6-7H2,1-2H3,(H,16,17)/t11-,14+/m0/s1. The fourth-order valence-corrected chi connectivity index (χ4v) is 2.52. The highest BCUT2D eigenvalue weighted by Crippen LogP contribution is 2.34. The lowest BCUT2D eigenvalue weighted by Crippen LogP contribution is -2.23. The van der Waals surface area contributed by atoms with Gasteiger partial charge in [-0.25, -0.2) is 0 Å². The highest BCUT2D eigenvalue weighted by Gasteiger charge is 2.27. The average molecular weight is 230 g/mol. The third kappa shape index (κ3) is 2.57. The molecule has 0 fully saturated rings. The average Bonchev–Trinajstić information content (AvgIpc) is 2.28. The Morgan fingerprint density at radius 1 is 1.41 bits per heavy atom. The molecule has 2 nitrogen and oxygen atoms in total. The normalized spacial score (nSPS) is 24.2. The van der Waals surface area contributed by atoms with Crippen molar-refractivity contribution in [2.45, 2.75) is 26.7 Å². The quantitative estimate of drug-likeness (QED) is 0.844. The van der Waals surface area contributed by atoms with Crippen molar-refractivity contribution in [2.75, 3.05) is 0 Å². The topological polar surface area (TPSA) is 37.3 Å². The van der Waals surface area contributed by atoms with Crippen molar-refractivity contribution in [2.24, 2.45) is 11.8 Å². The van der Waals surface area contributed by atoms with Crippen LogP contribution in [0.15, 0.2) is 30.3 Å². The second-order valence-corrected chi connectivity index (χ2v) is 4.90. The number of aryl methyl sites for hydroxylation is 1. The molecule has 1 aliphatic rings. The number of carboxylic acids is 1. The van der Waals surface area contributed by atoms with Gasteiger partial charge in [0.05, 0.1) is 5.92 Å². The lowest BCUT2D eigenvalue weighted by atomic mass is 9.80. The Balaban J connectivity index is 2.25. The SMILES string of the molecule is Cc1cccc(C2=C[C@H](C)[C@H](C(=O)O)CC2)c1. The van der Waals surface area contributed by atoms with E-state index >= 15 is 0 Å². The number of hydrogen-bond acceptors (Lipinski definition) is 1. The van der Waals surface area contributed by atoms with Crippen molar-refractivity contribution in [1.82, 2.24) is 0 Å². The maximum absolute atomic E-state index is 11.0. The Hall–Kier alpha value is -1.57. The van der Waals surface area contributed by atoms with Gasteiger partial charge in [0.1, 0.15) is 0 Å². The fraction of sp³-hybridized carbons (Fsp3) is 0.400. The molecule has 0 spiro atoms. The van der Waals surface area contributed by atoms with Crippen LogP contribution in [0.4, 0.5) is 0 Å². The molecule has 0 aromatic heterocycles. The molecule has 0 radical (unpaired) electrons. The predicted molar refractivity (Wildman–Crippen MR) is 68.7 cm³/mol. The second kappa shape index (κ2) is 4.74. The molecule has 2 atom stereocenters. The van der Waals surface area contributed by atoms with Gasteiger partial charge < -0.3 is 5.11 Å². The van der Waals surface area contributed by atoms with E-state index in [9.17, 15) is 4.79 Å². The molecular weight excluding hydrogens is 212 g/mol. The van der Waals surface area contributed by atoms with Crippen LogP contribution in [0.1, 0.15) is 30.9 Å². The molecular formula is C15H18O2. The lowest BCUT2D eigenvalue weighted by molar-refractivity contribution is -0.143. The van der Waals surface area contributed by atoms with Crippen molar-refractivity contribution in [3.8, 4) is 0 Å². The number of rotatable bonds is 2. The molecule has 1 aliphatic carbocycles. The highest BCUT2D eigenvalue weighted by molar-refractivity contribution is 5.74. The second-order valence-electron chi connectivity index (χ2n) is 4.90. The Labute approximate surface area is 102 Å². The number of aliphatic carboxylic acids is 1. The molecule has 1 aromatic rings. The first-order valence-corrected chi connectivity index (χ1v) is 6.08. The third-order valence-corrected chi connectivity index (χ3v) is 3.53. The van der Waals surface area contributed by atoms with Crippen molar-refractivity contribution in [3.05, 3.63) is 41.5 Å². The zero-order valence-corrected chi connectivity index (χ0v) is 10.3. The Morgan fingerprint density at radius 2 is 2.18 bits per heavy atom. The van der Waals surface area contributed by atoms with Gasteiger partial charge in [0.2, 0.25) is 0 Å². The molecule has 1 aromatic carbocycles. The van der Waals surface area contributed by atoms with Crippen molar-refractivity contribution >= 4 is 11.5 Å². The van der Waals surface area contributed by atoms with Crippen molar-refractivity contribution < 1.29 is 9.90 Å². The molecule has 0 amide bonds. The molecule has 0 saturated heterocycles. The van der Waals surface area contributed by atoms with Gasteiger partial charge in [0, 0.05) is 0 Å². The van der Waals surface area contributed by atoms with E-state index in [0.29, 0.717) is 0 Å². The summed E-state index contributed by atoms with van der Waals surface area (Å²) < 4.78 is 0. The minimum Gasteiger partial charge on any atom is -0.481 e. The Bertz CT molecular complexity index is 460. The molecule has 2 heteroatoms. The maximum atomic E-state index is 11.0. The van der Waals surface area contributed by atoms with Gasteiger partial charge in [0.15, 0.2) is 0 Å². The van der Waals surface area contributed by atoms with Gasteiger partial charge in [-0.15, -0.1) is 0 Å². The molecule has 90 valence electrons. The minimum atomic E-state index is -0.669. The first-order valence-electron chi connectivity index (χ1n) is 6.08. The minimum absolute atomic E-state index is 0.122. The van der Waals surface area contributed by atoms with Crippen molar-refractivity contribution in [1.29, 1.82) is 0 Å². The van der Waals surface area contributed by atoms with E-state index in [1.54, 1.807) is 0 Å². The summed E-state index contributed by atoms with van der Waals surface area (Å²) >= 11 is 0. The van der Waals surface area contributed by atoms with E-state index in [-0.39, 0.29) is 11.8 Å². The van der Waals surface area contributed by atoms with Crippen LogP contribution in [0, 0.1) is 18.8 Å². The Kier molecular flexibility index (Phi) is 3.32. The predicted octanol–water partition coefficient (Wildman–Crippen LogP) is 3.51. The monoisotopic (exact) mass is 230 g/mol. The fourth-order valence-electron chi connectivity index (χ4n) is 2.52. The van der Waals surface area contributed by atoms with E-state index in [1.165, 1.54) is 16.7 Å². The largest absolute Gasteiger partial charge is 0.481 e. The van der Waals surface area contributed by atoms with Gasteiger partial charge in [-0.2, -0.15) is 0 Å². The molecule has 2 rings (SSSR count). The highest BCUT2D eigenvalue weighted by atomic mass is 16.4. The molecule has 0 aliphatic heterocycles. The molecule has 0 heterocycles. The summed E-state index contributed by atoms with van der Waals surface area (Å²) in [5.74, 6) is -0.766. The summed E-state index contributed by atoms with van der Waals surface area (Å²) in [6.45, 7) is 4.07. The molecule has 0 saturated carbocycles. The van der Waals surface area contributed by atoms with Gasteiger partial charge in [-0.1, -0.05) is 42.8 Å². The number of hydrogen-bond donors (Lipinski definition) is 1. The van der Waals surface area contributed by atoms with Crippen LogP contribution in [0.5, 0.6) is 0 Å². The first-order chi connectivity index (χ1) is 8.08. The summed E-state index contributed by atoms with van der Waals surface area (Å²) in [6.07, 6.45) is 3.73. The number of carboxylic acid groups (broad SMARTS) is 1. The molecule has 17 heavy (non-hydrogen) atoms. The zero-order valence-electron chi connectivity index (χ0n) is 10.3. The molecule has 0 unspecified atom stereocenters. The number of allylic oxidation sites excluding steroid dienone is 2. The number of carbonyl (C=O) groups is 1. The van der Waals surface area contributed by atoms with Gasteiger partial charge >= 0.3 is 5.97 Å². The van der Waals surface area contributed by atoms with E-state index in [1.807, 2.05) is 6.92 Å². The Morgan fingerprint density at radius 3 is 2.76 bits per heavy atom.